The highest BCUT2D eigenvalue weighted by Gasteiger charge is 2.39. The molecule has 3 atom stereocenters. The number of Topliss-reactive ketones (excluding diaryl/α,β-unsaturated/α-hetero) is 1. The third-order valence-electron chi connectivity index (χ3n) is 5.21. The van der Waals surface area contributed by atoms with Crippen molar-refractivity contribution >= 4 is 23.6 Å². The van der Waals surface area contributed by atoms with E-state index < -0.39 is 41.3 Å². The molecule has 1 aliphatic heterocycles. The number of carbonyl (C=O) groups excluding carboxylic acids is 4. The van der Waals surface area contributed by atoms with Gasteiger partial charge in [-0.1, -0.05) is 30.3 Å². The average Bonchev–Trinajstić information content (AvgIpc) is 3.20. The topological polar surface area (TPSA) is 102 Å². The lowest BCUT2D eigenvalue weighted by Crippen LogP contribution is -2.54. The third kappa shape index (κ3) is 8.24. The first-order valence-electron chi connectivity index (χ1n) is 11.8. The number of hydrogen-bond donors (Lipinski definition) is 1. The Bertz CT molecular complexity index is 885. The maximum absolute atomic E-state index is 13.2. The largest absolute Gasteiger partial charge is 0.459 e. The number of amides is 1. The number of nitrogens with zero attached hydrogens (tertiary/aromatic N) is 1. The van der Waals surface area contributed by atoms with Crippen molar-refractivity contribution in [2.24, 2.45) is 0 Å². The molecule has 1 unspecified atom stereocenters. The first-order valence-corrected chi connectivity index (χ1v) is 11.8. The Balaban J connectivity index is 2.15. The molecule has 188 valence electrons. The van der Waals surface area contributed by atoms with Crippen LogP contribution in [0.3, 0.4) is 0 Å². The zero-order valence-corrected chi connectivity index (χ0v) is 21.3. The minimum absolute atomic E-state index is 0.161. The van der Waals surface area contributed by atoms with E-state index in [1.54, 1.807) is 78.8 Å². The molecule has 1 heterocycles. The Morgan fingerprint density at radius 3 is 2.15 bits per heavy atom. The van der Waals surface area contributed by atoms with Gasteiger partial charge >= 0.3 is 11.9 Å². The van der Waals surface area contributed by atoms with Crippen LogP contribution >= 0.6 is 0 Å². The molecule has 1 N–H and O–H groups in total. The van der Waals surface area contributed by atoms with E-state index in [1.807, 2.05) is 0 Å². The summed E-state index contributed by atoms with van der Waals surface area (Å²) in [5.41, 5.74) is -0.935. The Morgan fingerprint density at radius 2 is 1.59 bits per heavy atom. The SMILES string of the molecule is C[C@H](NC(CC(=O)c1ccccc1)C(=O)OC(C)(C)C)C(=O)N1CCC[C@H]1C(=O)OC(C)(C)C. The number of hydrogen-bond acceptors (Lipinski definition) is 7. The van der Waals surface area contributed by atoms with Crippen LogP contribution in [0.15, 0.2) is 30.3 Å². The van der Waals surface area contributed by atoms with Gasteiger partial charge in [0.25, 0.3) is 0 Å². The van der Waals surface area contributed by atoms with Crippen LogP contribution in [0.5, 0.6) is 0 Å². The molecular formula is C26H38N2O6. The summed E-state index contributed by atoms with van der Waals surface area (Å²) >= 11 is 0. The molecular weight excluding hydrogens is 436 g/mol. The van der Waals surface area contributed by atoms with Crippen molar-refractivity contribution in [3.05, 3.63) is 35.9 Å². The molecule has 1 aromatic carbocycles. The van der Waals surface area contributed by atoms with Crippen LogP contribution in [-0.4, -0.2) is 64.4 Å². The summed E-state index contributed by atoms with van der Waals surface area (Å²) in [6.07, 6.45) is 1.05. The lowest BCUT2D eigenvalue weighted by Gasteiger charge is -2.31. The Labute approximate surface area is 202 Å². The summed E-state index contributed by atoms with van der Waals surface area (Å²) in [4.78, 5) is 53.1. The number of carbonyl (C=O) groups is 4. The van der Waals surface area contributed by atoms with Crippen LogP contribution in [0.1, 0.15) is 78.1 Å². The molecule has 0 aromatic heterocycles. The summed E-state index contributed by atoms with van der Waals surface area (Å²) in [5.74, 6) is -1.61. The minimum Gasteiger partial charge on any atom is -0.459 e. The second kappa shape index (κ2) is 11.1. The maximum atomic E-state index is 13.2. The Morgan fingerprint density at radius 1 is 1.00 bits per heavy atom. The molecule has 1 amide bonds. The molecule has 0 bridgehead atoms. The molecule has 0 spiro atoms. The molecule has 1 fully saturated rings. The van der Waals surface area contributed by atoms with Gasteiger partial charge in [-0.25, -0.2) is 4.79 Å². The van der Waals surface area contributed by atoms with Gasteiger partial charge in [-0.2, -0.15) is 0 Å². The second-order valence-corrected chi connectivity index (χ2v) is 10.7. The Hall–Kier alpha value is -2.74. The smallest absolute Gasteiger partial charge is 0.329 e. The number of ether oxygens (including phenoxy) is 2. The Kier molecular flexibility index (Phi) is 9.00. The van der Waals surface area contributed by atoms with Gasteiger partial charge in [-0.05, 0) is 61.3 Å². The highest BCUT2D eigenvalue weighted by atomic mass is 16.6. The van der Waals surface area contributed by atoms with Gasteiger partial charge in [0.1, 0.15) is 23.3 Å². The zero-order chi connectivity index (χ0) is 25.7. The van der Waals surface area contributed by atoms with Crippen molar-refractivity contribution in [3.8, 4) is 0 Å². The third-order valence-corrected chi connectivity index (χ3v) is 5.21. The molecule has 0 aliphatic carbocycles. The van der Waals surface area contributed by atoms with Gasteiger partial charge in [0.05, 0.1) is 6.04 Å². The van der Waals surface area contributed by atoms with Crippen LogP contribution in [0.4, 0.5) is 0 Å². The number of benzene rings is 1. The van der Waals surface area contributed by atoms with E-state index in [1.165, 1.54) is 4.90 Å². The van der Waals surface area contributed by atoms with Crippen molar-refractivity contribution in [1.82, 2.24) is 10.2 Å². The lowest BCUT2D eigenvalue weighted by atomic mass is 10.0. The predicted molar refractivity (Wildman–Crippen MR) is 128 cm³/mol. The highest BCUT2D eigenvalue weighted by molar-refractivity contribution is 5.99. The van der Waals surface area contributed by atoms with Crippen molar-refractivity contribution in [2.45, 2.75) is 97.1 Å². The minimum atomic E-state index is -1.02. The van der Waals surface area contributed by atoms with Gasteiger partial charge in [-0.3, -0.25) is 19.7 Å². The van der Waals surface area contributed by atoms with Gasteiger partial charge in [0.2, 0.25) is 5.91 Å². The van der Waals surface area contributed by atoms with E-state index in [-0.39, 0.29) is 18.1 Å². The molecule has 8 heteroatoms. The fourth-order valence-electron chi connectivity index (χ4n) is 3.78. The van der Waals surface area contributed by atoms with Gasteiger partial charge < -0.3 is 14.4 Å². The van der Waals surface area contributed by atoms with Crippen LogP contribution in [0.2, 0.25) is 0 Å². The van der Waals surface area contributed by atoms with Gasteiger partial charge in [0.15, 0.2) is 5.78 Å². The van der Waals surface area contributed by atoms with Crippen molar-refractivity contribution in [3.63, 3.8) is 0 Å². The zero-order valence-electron chi connectivity index (χ0n) is 21.3. The molecule has 34 heavy (non-hydrogen) atoms. The first kappa shape index (κ1) is 27.5. The maximum Gasteiger partial charge on any atom is 0.329 e. The molecule has 0 saturated carbocycles. The summed E-state index contributed by atoms with van der Waals surface area (Å²) < 4.78 is 11.0. The molecule has 1 saturated heterocycles. The van der Waals surface area contributed by atoms with Gasteiger partial charge in [-0.15, -0.1) is 0 Å². The van der Waals surface area contributed by atoms with Crippen LogP contribution < -0.4 is 5.32 Å². The summed E-state index contributed by atoms with van der Waals surface area (Å²) in [7, 11) is 0. The standard InChI is InChI=1S/C26H38N2O6/c1-17(22(30)28-15-11-14-20(28)24(32)34-26(5,6)7)27-19(23(31)33-25(2,3)4)16-21(29)18-12-9-8-10-13-18/h8-10,12-13,17,19-20,27H,11,14-16H2,1-7H3/t17-,19?,20-/m0/s1. The van der Waals surface area contributed by atoms with E-state index in [0.717, 1.165) is 0 Å². The van der Waals surface area contributed by atoms with E-state index in [0.29, 0.717) is 24.9 Å². The van der Waals surface area contributed by atoms with E-state index in [4.69, 9.17) is 9.47 Å². The molecule has 2 rings (SSSR count). The number of likely N-dealkylation sites (tertiary alicyclic amines) is 1. The number of ketones is 1. The normalized spacial score (nSPS) is 18.2. The highest BCUT2D eigenvalue weighted by Crippen LogP contribution is 2.22. The van der Waals surface area contributed by atoms with Crippen molar-refractivity contribution in [2.75, 3.05) is 6.54 Å². The van der Waals surface area contributed by atoms with Crippen molar-refractivity contribution in [1.29, 1.82) is 0 Å². The molecule has 0 radical (unpaired) electrons. The second-order valence-electron chi connectivity index (χ2n) is 10.7. The monoisotopic (exact) mass is 474 g/mol. The number of esters is 2. The van der Waals surface area contributed by atoms with E-state index >= 15 is 0 Å². The van der Waals surface area contributed by atoms with Crippen molar-refractivity contribution < 1.29 is 28.7 Å². The van der Waals surface area contributed by atoms with Crippen LogP contribution in [-0.2, 0) is 23.9 Å². The first-order chi connectivity index (χ1) is 15.7. The van der Waals surface area contributed by atoms with Crippen LogP contribution in [0, 0.1) is 0 Å². The quantitative estimate of drug-likeness (QED) is 0.456. The summed E-state index contributed by atoms with van der Waals surface area (Å²) in [6, 6.07) is 6.16. The molecule has 8 nitrogen and oxygen atoms in total. The van der Waals surface area contributed by atoms with Gasteiger partial charge in [0, 0.05) is 18.5 Å². The average molecular weight is 475 g/mol. The number of rotatable bonds is 8. The number of nitrogens with one attached hydrogen (secondary N) is 1. The molecule has 1 aromatic rings. The fraction of sp³-hybridized carbons (Fsp3) is 0.615. The summed E-state index contributed by atoms with van der Waals surface area (Å²) in [5, 5.41) is 2.99. The summed E-state index contributed by atoms with van der Waals surface area (Å²) in [6.45, 7) is 12.6. The van der Waals surface area contributed by atoms with Crippen LogP contribution in [0.25, 0.3) is 0 Å². The fourth-order valence-corrected chi connectivity index (χ4v) is 3.78. The lowest BCUT2D eigenvalue weighted by molar-refractivity contribution is -0.164. The predicted octanol–water partition coefficient (Wildman–Crippen LogP) is 3.28. The van der Waals surface area contributed by atoms with E-state index in [2.05, 4.69) is 5.32 Å². The molecule has 1 aliphatic rings. The van der Waals surface area contributed by atoms with E-state index in [9.17, 15) is 19.2 Å².